The van der Waals surface area contributed by atoms with E-state index in [9.17, 15) is 9.59 Å². The molecule has 9 heteroatoms. The second-order valence-electron chi connectivity index (χ2n) is 13.2. The van der Waals surface area contributed by atoms with Crippen molar-refractivity contribution in [1.82, 2.24) is 4.57 Å². The fraction of sp³-hybridized carbons (Fsp3) is 0.786. The molecule has 1 fully saturated rings. The third kappa shape index (κ3) is 6.83. The molecule has 1 aromatic rings. The van der Waals surface area contributed by atoms with E-state index in [1.54, 1.807) is 13.8 Å². The van der Waals surface area contributed by atoms with Crippen LogP contribution in [0.3, 0.4) is 0 Å². The number of aromatic nitrogens is 1. The average molecular weight is 554 g/mol. The predicted molar refractivity (Wildman–Crippen MR) is 154 cm³/mol. The van der Waals surface area contributed by atoms with E-state index >= 15 is 0 Å². The molecule has 1 aliphatic carbocycles. The third-order valence-electron chi connectivity index (χ3n) is 8.33. The van der Waals surface area contributed by atoms with Gasteiger partial charge >= 0.3 is 11.9 Å². The molecule has 0 saturated heterocycles. The van der Waals surface area contributed by atoms with Crippen LogP contribution in [-0.4, -0.2) is 46.4 Å². The minimum atomic E-state index is -2.45. The molecule has 0 unspecified atom stereocenters. The van der Waals surface area contributed by atoms with Crippen LogP contribution in [0.4, 0.5) is 0 Å². The number of carbonyl (C=O) groups is 2. The predicted octanol–water partition coefficient (Wildman–Crippen LogP) is 8.11. The van der Waals surface area contributed by atoms with E-state index in [4.69, 9.17) is 18.3 Å². The van der Waals surface area contributed by atoms with Crippen LogP contribution in [0.1, 0.15) is 114 Å². The lowest BCUT2D eigenvalue weighted by atomic mass is 9.95. The summed E-state index contributed by atoms with van der Waals surface area (Å²) in [4.78, 5) is 27.2. The normalized spacial score (nSPS) is 15.9. The van der Waals surface area contributed by atoms with Crippen LogP contribution in [0.5, 0.6) is 11.6 Å². The van der Waals surface area contributed by atoms with Crippen LogP contribution < -0.4 is 8.85 Å². The van der Waals surface area contributed by atoms with Crippen molar-refractivity contribution in [2.75, 3.05) is 13.2 Å². The van der Waals surface area contributed by atoms with Crippen LogP contribution in [-0.2, 0) is 9.47 Å². The minimum absolute atomic E-state index is 0.0119. The second kappa shape index (κ2) is 11.6. The Bertz CT molecular complexity index is 963. The van der Waals surface area contributed by atoms with Gasteiger partial charge in [0.1, 0.15) is 11.3 Å². The Balaban J connectivity index is 3.02. The summed E-state index contributed by atoms with van der Waals surface area (Å²) in [6, 6.07) is 0.0119. The number of rotatable bonds is 9. The SMILES string of the molecule is CCOC(=O)c1c(O[Si](C)(C)C(C)(C)C)c(O[Si](C)(C)C(C)(C)C)n(C2CCCCC2)c1C(=O)OCC. The Morgan fingerprint density at radius 2 is 1.24 bits per heavy atom. The Hall–Kier alpha value is -1.75. The summed E-state index contributed by atoms with van der Waals surface area (Å²) in [5.41, 5.74) is 0.346. The summed E-state index contributed by atoms with van der Waals surface area (Å²) in [6.45, 7) is 25.6. The maximum absolute atomic E-state index is 13.6. The van der Waals surface area contributed by atoms with Gasteiger partial charge in [0.05, 0.1) is 13.2 Å². The van der Waals surface area contributed by atoms with Crippen LogP contribution in [0.15, 0.2) is 0 Å². The summed E-state index contributed by atoms with van der Waals surface area (Å²) < 4.78 is 26.9. The number of hydrogen-bond acceptors (Lipinski definition) is 6. The monoisotopic (exact) mass is 553 g/mol. The third-order valence-corrected chi connectivity index (χ3v) is 17.0. The van der Waals surface area contributed by atoms with Gasteiger partial charge in [0, 0.05) is 6.04 Å². The molecule has 7 nitrogen and oxygen atoms in total. The maximum atomic E-state index is 13.6. The first kappa shape index (κ1) is 31.5. The molecule has 0 spiro atoms. The summed E-state index contributed by atoms with van der Waals surface area (Å²) in [5.74, 6) is -0.270. The molecule has 2 rings (SSSR count). The van der Waals surface area contributed by atoms with Gasteiger partial charge in [-0.25, -0.2) is 9.59 Å². The smallest absolute Gasteiger partial charge is 0.356 e. The molecular formula is C28H51NO6Si2. The first-order valence-corrected chi connectivity index (χ1v) is 19.7. The zero-order valence-corrected chi connectivity index (χ0v) is 27.4. The van der Waals surface area contributed by atoms with Crippen molar-refractivity contribution in [3.63, 3.8) is 0 Å². The molecule has 1 aromatic heterocycles. The topological polar surface area (TPSA) is 76.0 Å². The molecule has 1 heterocycles. The van der Waals surface area contributed by atoms with Crippen molar-refractivity contribution in [2.45, 2.75) is 130 Å². The van der Waals surface area contributed by atoms with E-state index in [0.717, 1.165) is 32.1 Å². The molecular weight excluding hydrogens is 502 g/mol. The highest BCUT2D eigenvalue weighted by Crippen LogP contribution is 2.50. The van der Waals surface area contributed by atoms with Crippen molar-refractivity contribution in [2.24, 2.45) is 0 Å². The number of carbonyl (C=O) groups excluding carboxylic acids is 2. The molecule has 1 saturated carbocycles. The molecule has 1 aliphatic rings. The molecule has 0 radical (unpaired) electrons. The molecule has 0 atom stereocenters. The zero-order chi connectivity index (χ0) is 28.4. The maximum Gasteiger partial charge on any atom is 0.356 e. The Morgan fingerprint density at radius 1 is 0.784 bits per heavy atom. The van der Waals surface area contributed by atoms with Gasteiger partial charge in [-0.15, -0.1) is 0 Å². The molecule has 212 valence electrons. The van der Waals surface area contributed by atoms with E-state index in [1.807, 2.05) is 4.57 Å². The van der Waals surface area contributed by atoms with Gasteiger partial charge in [0.2, 0.25) is 5.88 Å². The summed E-state index contributed by atoms with van der Waals surface area (Å²) in [5, 5.41) is -0.235. The molecule has 0 aromatic carbocycles. The van der Waals surface area contributed by atoms with Gasteiger partial charge in [0.15, 0.2) is 5.75 Å². The summed E-state index contributed by atoms with van der Waals surface area (Å²) in [6.07, 6.45) is 5.06. The Labute approximate surface area is 226 Å². The average Bonchev–Trinajstić information content (AvgIpc) is 3.06. The van der Waals surface area contributed by atoms with E-state index in [0.29, 0.717) is 11.6 Å². The first-order chi connectivity index (χ1) is 16.9. The van der Waals surface area contributed by atoms with E-state index in [-0.39, 0.29) is 40.6 Å². The molecule has 0 N–H and O–H groups in total. The summed E-state index contributed by atoms with van der Waals surface area (Å²) in [7, 11) is -4.85. The van der Waals surface area contributed by atoms with Gasteiger partial charge in [0.25, 0.3) is 16.6 Å². The van der Waals surface area contributed by atoms with Crippen molar-refractivity contribution in [3.05, 3.63) is 11.3 Å². The molecule has 0 amide bonds. The highest BCUT2D eigenvalue weighted by molar-refractivity contribution is 6.75. The van der Waals surface area contributed by atoms with Crippen LogP contribution >= 0.6 is 0 Å². The van der Waals surface area contributed by atoms with Crippen molar-refractivity contribution >= 4 is 28.6 Å². The Kier molecular flexibility index (Phi) is 9.83. The second-order valence-corrected chi connectivity index (χ2v) is 22.6. The lowest BCUT2D eigenvalue weighted by molar-refractivity contribution is 0.0466. The van der Waals surface area contributed by atoms with E-state index < -0.39 is 28.6 Å². The van der Waals surface area contributed by atoms with Crippen LogP contribution in [0.2, 0.25) is 36.3 Å². The fourth-order valence-corrected chi connectivity index (χ4v) is 6.01. The van der Waals surface area contributed by atoms with E-state index in [1.165, 1.54) is 0 Å². The molecule has 0 aliphatic heterocycles. The highest BCUT2D eigenvalue weighted by atomic mass is 28.4. The summed E-state index contributed by atoms with van der Waals surface area (Å²) >= 11 is 0. The number of nitrogens with zero attached hydrogens (tertiary/aromatic N) is 1. The number of esters is 2. The van der Waals surface area contributed by atoms with Crippen LogP contribution in [0, 0.1) is 0 Å². The lowest BCUT2D eigenvalue weighted by Crippen LogP contribution is -2.46. The quantitative estimate of drug-likeness (QED) is 0.227. The number of ether oxygens (including phenoxy) is 2. The fourth-order valence-electron chi connectivity index (χ4n) is 4.02. The van der Waals surface area contributed by atoms with Gasteiger partial charge in [-0.2, -0.15) is 0 Å². The minimum Gasteiger partial charge on any atom is -0.539 e. The lowest BCUT2D eigenvalue weighted by Gasteiger charge is -2.40. The Morgan fingerprint density at radius 3 is 1.70 bits per heavy atom. The van der Waals surface area contributed by atoms with Crippen molar-refractivity contribution < 1.29 is 27.9 Å². The standard InChI is InChI=1S/C28H51NO6Si2/c1-13-32-25(30)21-22(26(31)33-14-2)29(20-18-16-15-17-19-20)24(35-37(11,12)28(6,7)8)23(21)34-36(9,10)27(3,4)5/h20H,13-19H2,1-12H3. The van der Waals surface area contributed by atoms with Gasteiger partial charge in [-0.05, 0) is 63.0 Å². The largest absolute Gasteiger partial charge is 0.539 e. The van der Waals surface area contributed by atoms with Crippen molar-refractivity contribution in [3.8, 4) is 11.6 Å². The highest BCUT2D eigenvalue weighted by Gasteiger charge is 2.47. The molecule has 0 bridgehead atoms. The molecule has 37 heavy (non-hydrogen) atoms. The number of hydrogen-bond donors (Lipinski definition) is 0. The van der Waals surface area contributed by atoms with Gasteiger partial charge in [-0.1, -0.05) is 60.8 Å². The zero-order valence-electron chi connectivity index (χ0n) is 25.4. The van der Waals surface area contributed by atoms with Gasteiger partial charge in [-0.3, -0.25) is 0 Å². The first-order valence-electron chi connectivity index (χ1n) is 13.9. The van der Waals surface area contributed by atoms with Crippen LogP contribution in [0.25, 0.3) is 0 Å². The van der Waals surface area contributed by atoms with Crippen molar-refractivity contribution in [1.29, 1.82) is 0 Å². The van der Waals surface area contributed by atoms with Gasteiger partial charge < -0.3 is 22.9 Å². The van der Waals surface area contributed by atoms with E-state index in [2.05, 4.69) is 67.7 Å².